The number of rotatable bonds is 23. The van der Waals surface area contributed by atoms with Crippen LogP contribution in [0.4, 0.5) is 0 Å². The predicted octanol–water partition coefficient (Wildman–Crippen LogP) is -3.01. The molecule has 0 aliphatic carbocycles. The fourth-order valence-corrected chi connectivity index (χ4v) is 5.48. The number of fused-ring (bicyclic) bond motifs is 1. The number of para-hydroxylation sites is 1. The number of carbonyl (C=O) groups is 7. The van der Waals surface area contributed by atoms with E-state index in [0.717, 1.165) is 10.9 Å². The molecular weight excluding hydrogens is 730 g/mol. The molecule has 21 heteroatoms. The molecule has 0 radical (unpaired) electrons. The average molecular weight is 782 g/mol. The summed E-state index contributed by atoms with van der Waals surface area (Å²) < 4.78 is 0. The minimum absolute atomic E-state index is 0.00808. The molecule has 0 spiro atoms. The zero-order chi connectivity index (χ0) is 41.2. The van der Waals surface area contributed by atoms with Gasteiger partial charge in [0.15, 0.2) is 5.96 Å². The summed E-state index contributed by atoms with van der Waals surface area (Å²) in [6.45, 7) is 2.07. The monoisotopic (exact) mass is 781 g/mol. The lowest BCUT2D eigenvalue weighted by atomic mass is 9.99. The third-order valence-corrected chi connectivity index (χ3v) is 8.75. The van der Waals surface area contributed by atoms with E-state index >= 15 is 0 Å². The van der Waals surface area contributed by atoms with Crippen LogP contribution in [0, 0.1) is 5.92 Å². The fourth-order valence-electron chi connectivity index (χ4n) is 5.48. The summed E-state index contributed by atoms with van der Waals surface area (Å²) in [5, 5.41) is 25.1. The van der Waals surface area contributed by atoms with Crippen LogP contribution in [0.1, 0.15) is 44.4 Å². The molecule has 0 aliphatic heterocycles. The maximum absolute atomic E-state index is 13.5. The topological polar surface area (TPSA) is 347 Å². The van der Waals surface area contributed by atoms with E-state index in [1.807, 2.05) is 24.3 Å². The van der Waals surface area contributed by atoms with Gasteiger partial charge in [0.25, 0.3) is 0 Å². The van der Waals surface area contributed by atoms with Crippen molar-refractivity contribution >= 4 is 58.3 Å². The van der Waals surface area contributed by atoms with Crippen LogP contribution in [0.25, 0.3) is 10.9 Å². The lowest BCUT2D eigenvalue weighted by Gasteiger charge is -2.22. The Hall–Kier alpha value is -6.51. The number of H-pyrrole nitrogens is 2. The van der Waals surface area contributed by atoms with Gasteiger partial charge in [0.2, 0.25) is 35.4 Å². The first-order chi connectivity index (χ1) is 26.7. The number of hydrogen-bond donors (Lipinski definition) is 12. The summed E-state index contributed by atoms with van der Waals surface area (Å²) in [6.07, 6.45) is 5.62. The first kappa shape index (κ1) is 43.9. The Kier molecular flexibility index (Phi) is 17.3. The first-order valence-corrected chi connectivity index (χ1v) is 18.0. The Balaban J connectivity index is 1.64. The Morgan fingerprint density at radius 1 is 0.839 bits per heavy atom. The van der Waals surface area contributed by atoms with Gasteiger partial charge in [-0.1, -0.05) is 38.5 Å². The molecule has 15 N–H and O–H groups in total. The average Bonchev–Trinajstić information content (AvgIpc) is 3.84. The van der Waals surface area contributed by atoms with Gasteiger partial charge >= 0.3 is 5.97 Å². The number of aromatic nitrogens is 3. The Bertz CT molecular complexity index is 1840. The molecule has 3 aromatic rings. The van der Waals surface area contributed by atoms with Crippen molar-refractivity contribution in [1.82, 2.24) is 46.9 Å². The summed E-state index contributed by atoms with van der Waals surface area (Å²) in [6, 6.07) is 2.80. The lowest BCUT2D eigenvalue weighted by molar-refractivity contribution is -0.143. The highest BCUT2D eigenvalue weighted by Gasteiger charge is 2.28. The van der Waals surface area contributed by atoms with Crippen LogP contribution in [0.2, 0.25) is 0 Å². The van der Waals surface area contributed by atoms with Crippen LogP contribution in [0.3, 0.4) is 0 Å². The van der Waals surface area contributed by atoms with E-state index in [1.54, 1.807) is 20.0 Å². The highest BCUT2D eigenvalue weighted by atomic mass is 16.4. The Morgan fingerprint density at radius 2 is 1.43 bits per heavy atom. The largest absolute Gasteiger partial charge is 0.480 e. The van der Waals surface area contributed by atoms with Gasteiger partial charge in [-0.15, -0.1) is 0 Å². The number of carboxylic acid groups (broad SMARTS) is 1. The minimum Gasteiger partial charge on any atom is -0.480 e. The van der Waals surface area contributed by atoms with E-state index in [2.05, 4.69) is 51.8 Å². The number of aliphatic imine (C=N–C) groups is 1. The SMILES string of the molecule is CC[C@H](C)[C@H](NC(=O)CNC(=O)[C@H](Cc1cnc[nH]1)NC(=O)CNC(=O)[C@H](Cc1c[nH]c2ccccc12)NC(=O)CNC(=O)[C@@H](N)CCCN=C(N)N)C(=O)O. The number of aromatic amines is 2. The van der Waals surface area contributed by atoms with Gasteiger partial charge in [-0.05, 0) is 30.4 Å². The van der Waals surface area contributed by atoms with Crippen LogP contribution in [-0.2, 0) is 46.4 Å². The third kappa shape index (κ3) is 14.4. The second-order valence-corrected chi connectivity index (χ2v) is 13.1. The van der Waals surface area contributed by atoms with Gasteiger partial charge < -0.3 is 64.2 Å². The number of aliphatic carboxylic acids is 1. The summed E-state index contributed by atoms with van der Waals surface area (Å²) in [4.78, 5) is 103. The van der Waals surface area contributed by atoms with E-state index in [1.165, 1.54) is 12.5 Å². The van der Waals surface area contributed by atoms with E-state index < -0.39 is 85.2 Å². The molecule has 5 atom stereocenters. The maximum Gasteiger partial charge on any atom is 0.326 e. The maximum atomic E-state index is 13.5. The quantitative estimate of drug-likeness (QED) is 0.0260. The molecule has 6 amide bonds. The minimum atomic E-state index is -1.24. The van der Waals surface area contributed by atoms with Gasteiger partial charge in [0.05, 0.1) is 32.0 Å². The molecule has 0 saturated heterocycles. The highest BCUT2D eigenvalue weighted by Crippen LogP contribution is 2.19. The van der Waals surface area contributed by atoms with E-state index in [-0.39, 0.29) is 37.7 Å². The number of carboxylic acids is 1. The molecular formula is C35H51N13O8. The van der Waals surface area contributed by atoms with Crippen molar-refractivity contribution < 1.29 is 38.7 Å². The number of nitrogens with one attached hydrogen (secondary N) is 8. The van der Waals surface area contributed by atoms with Crippen molar-refractivity contribution in [3.8, 4) is 0 Å². The van der Waals surface area contributed by atoms with Gasteiger partial charge in [-0.25, -0.2) is 9.78 Å². The first-order valence-electron chi connectivity index (χ1n) is 18.0. The van der Waals surface area contributed by atoms with Gasteiger partial charge in [0, 0.05) is 48.4 Å². The van der Waals surface area contributed by atoms with Gasteiger partial charge in [-0.2, -0.15) is 0 Å². The number of nitrogens with two attached hydrogens (primary N) is 3. The van der Waals surface area contributed by atoms with Crippen molar-refractivity contribution in [1.29, 1.82) is 0 Å². The highest BCUT2D eigenvalue weighted by molar-refractivity contribution is 5.95. The summed E-state index contributed by atoms with van der Waals surface area (Å²) in [5.41, 5.74) is 18.5. The molecule has 0 bridgehead atoms. The molecule has 0 aliphatic rings. The molecule has 56 heavy (non-hydrogen) atoms. The Labute approximate surface area is 322 Å². The number of amides is 6. The summed E-state index contributed by atoms with van der Waals surface area (Å²) in [5.74, 6) is -5.97. The second-order valence-electron chi connectivity index (χ2n) is 13.1. The smallest absolute Gasteiger partial charge is 0.326 e. The molecule has 2 aromatic heterocycles. The predicted molar refractivity (Wildman–Crippen MR) is 204 cm³/mol. The van der Waals surface area contributed by atoms with Crippen LogP contribution >= 0.6 is 0 Å². The summed E-state index contributed by atoms with van der Waals surface area (Å²) >= 11 is 0. The molecule has 21 nitrogen and oxygen atoms in total. The van der Waals surface area contributed by atoms with Crippen LogP contribution in [0.15, 0.2) is 48.0 Å². The van der Waals surface area contributed by atoms with Crippen molar-refractivity contribution in [2.75, 3.05) is 26.2 Å². The van der Waals surface area contributed by atoms with Crippen LogP contribution in [0.5, 0.6) is 0 Å². The number of nitrogens with zero attached hydrogens (tertiary/aromatic N) is 2. The van der Waals surface area contributed by atoms with Crippen LogP contribution in [-0.4, -0.2) is 118 Å². The fraction of sp³-hybridized carbons (Fsp3) is 0.457. The van der Waals surface area contributed by atoms with Gasteiger partial charge in [-0.3, -0.25) is 33.8 Å². The van der Waals surface area contributed by atoms with Gasteiger partial charge in [0.1, 0.15) is 18.1 Å². The van der Waals surface area contributed by atoms with E-state index in [9.17, 15) is 38.7 Å². The standard InChI is InChI=1S/C35H51N13O8/c1-3-19(2)30(34(55)56)48-29(51)17-44-33(54)26(12-21-14-39-18-45-21)47-28(50)16-43-32(53)25(11-20-13-41-24-9-5-4-7-22(20)24)46-27(49)15-42-31(52)23(36)8-6-10-40-35(37)38/h4-5,7,9,13-14,18-19,23,25-26,30,41H,3,6,8,10-12,15-17,36H2,1-2H3,(H,39,45)(H,42,52)(H,43,53)(H,44,54)(H,46,49)(H,47,50)(H,48,51)(H,55,56)(H4,37,38,40)/t19-,23-,25-,26-,30-/m0/s1. The molecule has 1 aromatic carbocycles. The molecule has 2 heterocycles. The molecule has 0 fully saturated rings. The van der Waals surface area contributed by atoms with Crippen molar-refractivity contribution in [2.24, 2.45) is 28.1 Å². The number of benzene rings is 1. The Morgan fingerprint density at radius 3 is 2.00 bits per heavy atom. The van der Waals surface area contributed by atoms with E-state index in [4.69, 9.17) is 17.2 Å². The molecule has 304 valence electrons. The number of guanidine groups is 1. The number of hydrogen-bond acceptors (Lipinski definition) is 10. The molecule has 3 rings (SSSR count). The number of imidazole rings is 1. The van der Waals surface area contributed by atoms with Crippen molar-refractivity contribution in [3.63, 3.8) is 0 Å². The van der Waals surface area contributed by atoms with E-state index in [0.29, 0.717) is 24.1 Å². The normalized spacial score (nSPS) is 13.6. The third-order valence-electron chi connectivity index (χ3n) is 8.75. The summed E-state index contributed by atoms with van der Waals surface area (Å²) in [7, 11) is 0. The van der Waals surface area contributed by atoms with Crippen LogP contribution < -0.4 is 49.1 Å². The second kappa shape index (κ2) is 22.0. The van der Waals surface area contributed by atoms with Crippen molar-refractivity contribution in [3.05, 3.63) is 54.2 Å². The molecule has 0 unspecified atom stereocenters. The zero-order valence-electron chi connectivity index (χ0n) is 31.2. The lowest BCUT2D eigenvalue weighted by Crippen LogP contribution is -2.55. The molecule has 0 saturated carbocycles. The number of carbonyl (C=O) groups excluding carboxylic acids is 6. The zero-order valence-corrected chi connectivity index (χ0v) is 31.2. The van der Waals surface area contributed by atoms with Crippen molar-refractivity contribution in [2.45, 2.75) is 70.1 Å².